The van der Waals surface area contributed by atoms with Crippen LogP contribution in [0.2, 0.25) is 0 Å². The van der Waals surface area contributed by atoms with Crippen LogP contribution in [0.3, 0.4) is 0 Å². The molecular weight excluding hydrogens is 280 g/mol. The van der Waals surface area contributed by atoms with E-state index in [0.717, 1.165) is 25.8 Å². The van der Waals surface area contributed by atoms with E-state index in [1.54, 1.807) is 0 Å². The summed E-state index contributed by atoms with van der Waals surface area (Å²) in [6, 6.07) is -0.298. The minimum absolute atomic E-state index is 0.298. The summed E-state index contributed by atoms with van der Waals surface area (Å²) in [5.74, 6) is 4.86. The summed E-state index contributed by atoms with van der Waals surface area (Å²) in [6.45, 7) is 4.34. The smallest absolute Gasteiger partial charge is 0.319 e. The van der Waals surface area contributed by atoms with Crippen molar-refractivity contribution < 1.29 is 9.53 Å². The first kappa shape index (κ1) is 20.7. The van der Waals surface area contributed by atoms with Gasteiger partial charge in [-0.1, -0.05) is 58.3 Å². The van der Waals surface area contributed by atoms with Gasteiger partial charge in [-0.25, -0.2) is 4.79 Å². The standard InChI is InChI=1S/C16H34N4O2/c1-2-3-4-5-6-7-8-9-10-13-22-14-11-12-18-16(21)19-15-20-17/h15H,2-14,17H2,1H3,(H2,18,19,20,21). The van der Waals surface area contributed by atoms with Gasteiger partial charge in [0, 0.05) is 19.8 Å². The number of ether oxygens (including phenoxy) is 1. The molecule has 0 heterocycles. The molecule has 0 aliphatic carbocycles. The van der Waals surface area contributed by atoms with Crippen molar-refractivity contribution in [3.63, 3.8) is 0 Å². The van der Waals surface area contributed by atoms with E-state index in [-0.39, 0.29) is 6.03 Å². The number of carbonyl (C=O) groups is 1. The molecule has 0 aliphatic heterocycles. The van der Waals surface area contributed by atoms with E-state index in [2.05, 4.69) is 22.7 Å². The zero-order valence-electron chi connectivity index (χ0n) is 14.1. The molecule has 130 valence electrons. The Bertz CT molecular complexity index is 273. The maximum atomic E-state index is 11.1. The highest BCUT2D eigenvalue weighted by atomic mass is 16.5. The van der Waals surface area contributed by atoms with Gasteiger partial charge in [-0.15, -0.1) is 0 Å². The van der Waals surface area contributed by atoms with Crippen molar-refractivity contribution in [2.75, 3.05) is 19.8 Å². The number of hydrogen-bond donors (Lipinski definition) is 3. The maximum absolute atomic E-state index is 11.1. The number of nitrogens with zero attached hydrogens (tertiary/aromatic N) is 1. The Kier molecular flexibility index (Phi) is 16.7. The van der Waals surface area contributed by atoms with Crippen molar-refractivity contribution in [2.45, 2.75) is 71.1 Å². The molecule has 0 radical (unpaired) electrons. The molecule has 0 aromatic rings. The summed E-state index contributed by atoms with van der Waals surface area (Å²) in [4.78, 5) is 11.1. The fraction of sp³-hybridized carbons (Fsp3) is 0.875. The molecule has 0 spiro atoms. The summed E-state index contributed by atoms with van der Waals surface area (Å²) >= 11 is 0. The number of carbonyl (C=O) groups excluding carboxylic acids is 1. The van der Waals surface area contributed by atoms with Crippen LogP contribution in [-0.2, 0) is 4.74 Å². The second kappa shape index (κ2) is 17.8. The predicted octanol–water partition coefficient (Wildman–Crippen LogP) is 3.13. The average molecular weight is 314 g/mol. The van der Waals surface area contributed by atoms with Crippen LogP contribution in [0.25, 0.3) is 0 Å². The van der Waals surface area contributed by atoms with E-state index in [1.165, 1.54) is 51.4 Å². The van der Waals surface area contributed by atoms with E-state index in [1.807, 2.05) is 0 Å². The largest absolute Gasteiger partial charge is 0.381 e. The molecule has 4 N–H and O–H groups in total. The zero-order valence-corrected chi connectivity index (χ0v) is 14.1. The third-order valence-electron chi connectivity index (χ3n) is 3.41. The number of nitrogens with two attached hydrogens (primary N) is 1. The van der Waals surface area contributed by atoms with Crippen LogP contribution in [0.1, 0.15) is 71.1 Å². The van der Waals surface area contributed by atoms with E-state index in [4.69, 9.17) is 10.6 Å². The van der Waals surface area contributed by atoms with E-state index in [0.29, 0.717) is 13.2 Å². The first-order valence-electron chi connectivity index (χ1n) is 8.65. The highest BCUT2D eigenvalue weighted by Crippen LogP contribution is 2.09. The molecule has 22 heavy (non-hydrogen) atoms. The van der Waals surface area contributed by atoms with Gasteiger partial charge in [-0.2, -0.15) is 5.10 Å². The Morgan fingerprint density at radius 3 is 2.23 bits per heavy atom. The number of hydrogen-bond acceptors (Lipinski definition) is 4. The van der Waals surface area contributed by atoms with Gasteiger partial charge in [0.15, 0.2) is 0 Å². The van der Waals surface area contributed by atoms with Crippen molar-refractivity contribution in [2.24, 2.45) is 10.9 Å². The monoisotopic (exact) mass is 314 g/mol. The molecule has 6 nitrogen and oxygen atoms in total. The third kappa shape index (κ3) is 16.8. The topological polar surface area (TPSA) is 88.7 Å². The van der Waals surface area contributed by atoms with Gasteiger partial charge in [-0.3, -0.25) is 5.32 Å². The molecule has 0 rings (SSSR count). The highest BCUT2D eigenvalue weighted by Gasteiger charge is 1.96. The second-order valence-corrected chi connectivity index (χ2v) is 5.47. The number of nitrogens with one attached hydrogen (secondary N) is 2. The van der Waals surface area contributed by atoms with Crippen LogP contribution in [0, 0.1) is 0 Å². The van der Waals surface area contributed by atoms with Crippen molar-refractivity contribution in [3.8, 4) is 0 Å². The van der Waals surface area contributed by atoms with Crippen LogP contribution < -0.4 is 16.5 Å². The summed E-state index contributed by atoms with van der Waals surface area (Å²) in [6.07, 6.45) is 13.9. The SMILES string of the molecule is CCCCCCCCCCCOCCCNC(=O)NC=NN. The number of unbranched alkanes of at least 4 members (excludes halogenated alkanes) is 8. The second-order valence-electron chi connectivity index (χ2n) is 5.47. The fourth-order valence-electron chi connectivity index (χ4n) is 2.14. The molecule has 0 saturated carbocycles. The Labute approximate surface area is 135 Å². The highest BCUT2D eigenvalue weighted by molar-refractivity contribution is 5.85. The van der Waals surface area contributed by atoms with Gasteiger partial charge in [-0.05, 0) is 12.8 Å². The molecule has 0 bridgehead atoms. The lowest BCUT2D eigenvalue weighted by Crippen LogP contribution is -2.35. The van der Waals surface area contributed by atoms with Crippen molar-refractivity contribution in [1.82, 2.24) is 10.6 Å². The van der Waals surface area contributed by atoms with Gasteiger partial charge < -0.3 is 15.9 Å². The lowest BCUT2D eigenvalue weighted by atomic mass is 10.1. The number of urea groups is 1. The van der Waals surface area contributed by atoms with E-state index >= 15 is 0 Å². The molecule has 0 saturated heterocycles. The first-order chi connectivity index (χ1) is 10.8. The number of amides is 2. The first-order valence-corrected chi connectivity index (χ1v) is 8.65. The van der Waals surface area contributed by atoms with Crippen molar-refractivity contribution in [1.29, 1.82) is 0 Å². The lowest BCUT2D eigenvalue weighted by molar-refractivity contribution is 0.127. The molecule has 0 aliphatic rings. The van der Waals surface area contributed by atoms with Crippen molar-refractivity contribution in [3.05, 3.63) is 0 Å². The molecule has 0 unspecified atom stereocenters. The minimum atomic E-state index is -0.298. The van der Waals surface area contributed by atoms with Crippen LogP contribution in [-0.4, -0.2) is 32.1 Å². The van der Waals surface area contributed by atoms with Gasteiger partial charge in [0.2, 0.25) is 0 Å². The van der Waals surface area contributed by atoms with Gasteiger partial charge in [0.25, 0.3) is 0 Å². The van der Waals surface area contributed by atoms with Crippen LogP contribution >= 0.6 is 0 Å². The molecule has 6 heteroatoms. The summed E-state index contributed by atoms with van der Waals surface area (Å²) < 4.78 is 5.54. The lowest BCUT2D eigenvalue weighted by Gasteiger charge is -2.06. The Hall–Kier alpha value is -1.30. The van der Waals surface area contributed by atoms with Crippen molar-refractivity contribution >= 4 is 12.4 Å². The number of rotatable bonds is 15. The van der Waals surface area contributed by atoms with Crippen LogP contribution in [0.5, 0.6) is 0 Å². The fourth-order valence-corrected chi connectivity index (χ4v) is 2.14. The quantitative estimate of drug-likeness (QED) is 0.143. The van der Waals surface area contributed by atoms with Gasteiger partial charge >= 0.3 is 6.03 Å². The Balaban J connectivity index is 3.07. The predicted molar refractivity (Wildman–Crippen MR) is 91.9 cm³/mol. The molecule has 0 aromatic heterocycles. The number of hydrazone groups is 1. The third-order valence-corrected chi connectivity index (χ3v) is 3.41. The molecular formula is C16H34N4O2. The maximum Gasteiger partial charge on any atom is 0.319 e. The molecule has 0 atom stereocenters. The molecule has 0 fully saturated rings. The summed E-state index contributed by atoms with van der Waals surface area (Å²) in [5.41, 5.74) is 0. The van der Waals surface area contributed by atoms with Gasteiger partial charge in [0.1, 0.15) is 6.34 Å². The van der Waals surface area contributed by atoms with Gasteiger partial charge in [0.05, 0.1) is 0 Å². The Morgan fingerprint density at radius 1 is 1.00 bits per heavy atom. The zero-order chi connectivity index (χ0) is 16.3. The van der Waals surface area contributed by atoms with Crippen LogP contribution in [0.15, 0.2) is 5.10 Å². The van der Waals surface area contributed by atoms with Crippen LogP contribution in [0.4, 0.5) is 4.79 Å². The van der Waals surface area contributed by atoms with E-state index < -0.39 is 0 Å². The molecule has 2 amide bonds. The minimum Gasteiger partial charge on any atom is -0.381 e. The molecule has 0 aromatic carbocycles. The summed E-state index contributed by atoms with van der Waals surface area (Å²) in [5, 5.41) is 8.22. The normalized spacial score (nSPS) is 11.0. The average Bonchev–Trinajstić information content (AvgIpc) is 2.53. The summed E-state index contributed by atoms with van der Waals surface area (Å²) in [7, 11) is 0. The van der Waals surface area contributed by atoms with E-state index in [9.17, 15) is 4.79 Å². The Morgan fingerprint density at radius 2 is 1.59 bits per heavy atom.